The van der Waals surface area contributed by atoms with E-state index in [2.05, 4.69) is 31.3 Å². The second-order valence-electron chi connectivity index (χ2n) is 6.09. The van der Waals surface area contributed by atoms with E-state index in [1.807, 2.05) is 12.1 Å². The zero-order valence-corrected chi connectivity index (χ0v) is 13.6. The van der Waals surface area contributed by atoms with Crippen LogP contribution in [-0.2, 0) is 4.74 Å². The van der Waals surface area contributed by atoms with Gasteiger partial charge in [-0.15, -0.1) is 0 Å². The summed E-state index contributed by atoms with van der Waals surface area (Å²) in [6.45, 7) is 6.29. The molecule has 3 heteroatoms. The van der Waals surface area contributed by atoms with E-state index in [-0.39, 0.29) is 6.10 Å². The minimum atomic E-state index is 0.110. The Hall–Kier alpha value is -1.06. The molecule has 0 radical (unpaired) electrons. The minimum absolute atomic E-state index is 0.110. The molecule has 1 aromatic rings. The van der Waals surface area contributed by atoms with Gasteiger partial charge >= 0.3 is 0 Å². The second-order valence-corrected chi connectivity index (χ2v) is 6.09. The fourth-order valence-corrected chi connectivity index (χ4v) is 2.96. The smallest absolute Gasteiger partial charge is 0.119 e. The summed E-state index contributed by atoms with van der Waals surface area (Å²) in [5.41, 5.74) is 1.20. The highest BCUT2D eigenvalue weighted by atomic mass is 16.5. The molecule has 1 fully saturated rings. The summed E-state index contributed by atoms with van der Waals surface area (Å²) in [5, 5.41) is 3.42. The first-order valence-corrected chi connectivity index (χ1v) is 8.23. The van der Waals surface area contributed by atoms with Crippen LogP contribution in [0.2, 0.25) is 0 Å². The molecule has 0 heterocycles. The van der Waals surface area contributed by atoms with Crippen LogP contribution in [0, 0.1) is 5.92 Å². The highest BCUT2D eigenvalue weighted by Crippen LogP contribution is 2.30. The molecule has 21 heavy (non-hydrogen) atoms. The summed E-state index contributed by atoms with van der Waals surface area (Å²) in [6.07, 6.45) is 5.46. The summed E-state index contributed by atoms with van der Waals surface area (Å²) < 4.78 is 11.7. The van der Waals surface area contributed by atoms with Gasteiger partial charge in [-0.25, -0.2) is 0 Å². The molecule has 1 atom stereocenters. The number of likely N-dealkylation sites (N-methyl/N-ethyl adjacent to an activating group) is 1. The Morgan fingerprint density at radius 3 is 2.67 bits per heavy atom. The van der Waals surface area contributed by atoms with E-state index >= 15 is 0 Å². The van der Waals surface area contributed by atoms with Gasteiger partial charge in [-0.1, -0.05) is 26.0 Å². The number of hydrogen-bond donors (Lipinski definition) is 1. The first-order chi connectivity index (χ1) is 10.2. The number of methoxy groups -OCH3 is 1. The molecule has 1 aromatic carbocycles. The molecule has 3 nitrogen and oxygen atoms in total. The third kappa shape index (κ3) is 5.01. The van der Waals surface area contributed by atoms with Gasteiger partial charge in [0.15, 0.2) is 0 Å². The molecule has 1 N–H and O–H groups in total. The van der Waals surface area contributed by atoms with E-state index in [1.165, 1.54) is 31.2 Å². The monoisotopic (exact) mass is 291 g/mol. The van der Waals surface area contributed by atoms with Gasteiger partial charge in [0.2, 0.25) is 0 Å². The molecule has 0 saturated heterocycles. The van der Waals surface area contributed by atoms with Gasteiger partial charge in [-0.05, 0) is 55.8 Å². The fraction of sp³-hybridized carbons (Fsp3) is 0.667. The van der Waals surface area contributed by atoms with Crippen LogP contribution in [-0.4, -0.2) is 26.3 Å². The fourth-order valence-electron chi connectivity index (χ4n) is 2.96. The van der Waals surface area contributed by atoms with Crippen LogP contribution in [0.5, 0.6) is 5.75 Å². The lowest BCUT2D eigenvalue weighted by molar-refractivity contribution is -0.0361. The Morgan fingerprint density at radius 1 is 1.24 bits per heavy atom. The van der Waals surface area contributed by atoms with E-state index in [0.29, 0.717) is 6.10 Å². The predicted molar refractivity (Wildman–Crippen MR) is 86.8 cm³/mol. The van der Waals surface area contributed by atoms with Crippen molar-refractivity contribution >= 4 is 0 Å². The van der Waals surface area contributed by atoms with Crippen molar-refractivity contribution in [1.82, 2.24) is 5.32 Å². The van der Waals surface area contributed by atoms with Crippen LogP contribution >= 0.6 is 0 Å². The van der Waals surface area contributed by atoms with Gasteiger partial charge in [0.25, 0.3) is 0 Å². The van der Waals surface area contributed by atoms with Crippen molar-refractivity contribution in [3.8, 4) is 5.75 Å². The highest BCUT2D eigenvalue weighted by molar-refractivity contribution is 5.30. The topological polar surface area (TPSA) is 30.5 Å². The van der Waals surface area contributed by atoms with Crippen LogP contribution in [0.1, 0.15) is 51.2 Å². The Bertz CT molecular complexity index is 413. The third-order valence-corrected chi connectivity index (χ3v) is 4.36. The van der Waals surface area contributed by atoms with Crippen LogP contribution in [0.4, 0.5) is 0 Å². The Balaban J connectivity index is 2.02. The molecule has 0 spiro atoms. The van der Waals surface area contributed by atoms with E-state index in [4.69, 9.17) is 9.47 Å². The number of nitrogens with one attached hydrogen (secondary N) is 1. The first-order valence-electron chi connectivity index (χ1n) is 8.23. The molecule has 1 aliphatic carbocycles. The van der Waals surface area contributed by atoms with E-state index in [9.17, 15) is 0 Å². The quantitative estimate of drug-likeness (QED) is 0.825. The maximum Gasteiger partial charge on any atom is 0.119 e. The molecule has 118 valence electrons. The first kappa shape index (κ1) is 16.3. The summed E-state index contributed by atoms with van der Waals surface area (Å²) >= 11 is 0. The third-order valence-electron chi connectivity index (χ3n) is 4.36. The summed E-state index contributed by atoms with van der Waals surface area (Å²) in [5.74, 6) is 1.75. The average molecular weight is 291 g/mol. The van der Waals surface area contributed by atoms with Crippen molar-refractivity contribution in [1.29, 1.82) is 0 Å². The summed E-state index contributed by atoms with van der Waals surface area (Å²) in [6, 6.07) is 8.25. The van der Waals surface area contributed by atoms with Crippen LogP contribution in [0.3, 0.4) is 0 Å². The number of hydrogen-bond acceptors (Lipinski definition) is 3. The SMILES string of the molecule is CCNCC(OC1CCC(C)CC1)c1cccc(OC)c1. The zero-order chi connectivity index (χ0) is 15.1. The zero-order valence-electron chi connectivity index (χ0n) is 13.6. The van der Waals surface area contributed by atoms with Gasteiger partial charge in [-0.2, -0.15) is 0 Å². The van der Waals surface area contributed by atoms with Crippen molar-refractivity contribution < 1.29 is 9.47 Å². The molecule has 0 bridgehead atoms. The Morgan fingerprint density at radius 2 is 2.00 bits per heavy atom. The van der Waals surface area contributed by atoms with Crippen LogP contribution in [0.15, 0.2) is 24.3 Å². The Labute approximate surface area is 129 Å². The van der Waals surface area contributed by atoms with E-state index in [1.54, 1.807) is 7.11 Å². The number of benzene rings is 1. The standard InChI is InChI=1S/C18H29NO2/c1-4-19-13-18(15-6-5-7-17(12-15)20-3)21-16-10-8-14(2)9-11-16/h5-7,12,14,16,18-19H,4,8-11,13H2,1-3H3. The molecule has 0 amide bonds. The van der Waals surface area contributed by atoms with Crippen LogP contribution in [0.25, 0.3) is 0 Å². The van der Waals surface area contributed by atoms with Gasteiger partial charge in [0.05, 0.1) is 19.3 Å². The lowest BCUT2D eigenvalue weighted by atomic mass is 9.89. The van der Waals surface area contributed by atoms with Gasteiger partial charge in [0.1, 0.15) is 5.75 Å². The maximum absolute atomic E-state index is 6.41. The van der Waals surface area contributed by atoms with Gasteiger partial charge < -0.3 is 14.8 Å². The lowest BCUT2D eigenvalue weighted by Gasteiger charge is -2.30. The number of rotatable bonds is 7. The molecule has 1 unspecified atom stereocenters. The molecular formula is C18H29NO2. The largest absolute Gasteiger partial charge is 0.497 e. The van der Waals surface area contributed by atoms with Crippen molar-refractivity contribution in [3.05, 3.63) is 29.8 Å². The maximum atomic E-state index is 6.41. The van der Waals surface area contributed by atoms with Crippen molar-refractivity contribution in [3.63, 3.8) is 0 Å². The van der Waals surface area contributed by atoms with Crippen LogP contribution < -0.4 is 10.1 Å². The van der Waals surface area contributed by atoms with E-state index in [0.717, 1.165) is 24.8 Å². The number of ether oxygens (including phenoxy) is 2. The molecule has 0 aromatic heterocycles. The van der Waals surface area contributed by atoms with Gasteiger partial charge in [-0.3, -0.25) is 0 Å². The normalized spacial score (nSPS) is 23.8. The van der Waals surface area contributed by atoms with Crippen molar-refractivity contribution in [2.45, 2.75) is 51.7 Å². The molecule has 1 saturated carbocycles. The molecule has 1 aliphatic rings. The van der Waals surface area contributed by atoms with E-state index < -0.39 is 0 Å². The molecule has 0 aliphatic heterocycles. The van der Waals surface area contributed by atoms with Crippen molar-refractivity contribution in [2.75, 3.05) is 20.2 Å². The van der Waals surface area contributed by atoms with Crippen molar-refractivity contribution in [2.24, 2.45) is 5.92 Å². The molecule has 2 rings (SSSR count). The average Bonchev–Trinajstić information content (AvgIpc) is 2.53. The molecular weight excluding hydrogens is 262 g/mol. The second kappa shape index (κ2) is 8.40. The Kier molecular flexibility index (Phi) is 6.52. The predicted octanol–water partition coefficient (Wildman–Crippen LogP) is 3.94. The summed E-state index contributed by atoms with van der Waals surface area (Å²) in [4.78, 5) is 0. The van der Waals surface area contributed by atoms with Gasteiger partial charge in [0, 0.05) is 6.54 Å². The lowest BCUT2D eigenvalue weighted by Crippen LogP contribution is -2.29. The minimum Gasteiger partial charge on any atom is -0.497 e. The summed E-state index contributed by atoms with van der Waals surface area (Å²) in [7, 11) is 1.71. The highest BCUT2D eigenvalue weighted by Gasteiger charge is 2.23.